The number of nitrogens with zero attached hydrogens (tertiary/aromatic N) is 2. The Morgan fingerprint density at radius 3 is 2.25 bits per heavy atom. The Morgan fingerprint density at radius 1 is 1.33 bits per heavy atom. The minimum absolute atomic E-state index is 0.0718. The van der Waals surface area contributed by atoms with Crippen LogP contribution >= 0.6 is 0 Å². The fourth-order valence-corrected chi connectivity index (χ4v) is 1.66. The highest BCUT2D eigenvalue weighted by Crippen LogP contribution is 2.12. The molecule has 1 atom stereocenters. The van der Waals surface area contributed by atoms with Crippen LogP contribution in [0.5, 0.6) is 0 Å². The van der Waals surface area contributed by atoms with Crippen molar-refractivity contribution >= 4 is 5.91 Å². The Bertz CT molecular complexity index is 162. The Kier molecular flexibility index (Phi) is 3.09. The fourth-order valence-electron chi connectivity index (χ4n) is 1.66. The molecule has 3 heteroatoms. The van der Waals surface area contributed by atoms with Crippen LogP contribution in [0.15, 0.2) is 0 Å². The van der Waals surface area contributed by atoms with Crippen LogP contribution in [-0.4, -0.2) is 48.9 Å². The minimum Gasteiger partial charge on any atom is -0.347 e. The van der Waals surface area contributed by atoms with Crippen molar-refractivity contribution in [1.82, 2.24) is 9.80 Å². The van der Waals surface area contributed by atoms with Gasteiger partial charge >= 0.3 is 0 Å². The van der Waals surface area contributed by atoms with Gasteiger partial charge in [-0.2, -0.15) is 0 Å². The molecule has 70 valence electrons. The Balaban J connectivity index is 2.45. The summed E-state index contributed by atoms with van der Waals surface area (Å²) in [5.41, 5.74) is 0. The van der Waals surface area contributed by atoms with E-state index < -0.39 is 0 Å². The predicted octanol–water partition coefficient (Wildman–Crippen LogP) is 0.559. The molecule has 0 bridgehead atoms. The Labute approximate surface area is 74.3 Å². The maximum atomic E-state index is 11.5. The van der Waals surface area contributed by atoms with E-state index in [9.17, 15) is 4.79 Å². The highest BCUT2D eigenvalue weighted by Gasteiger charge is 2.24. The summed E-state index contributed by atoms with van der Waals surface area (Å²) in [5.74, 6) is 0.219. The van der Waals surface area contributed by atoms with Gasteiger partial charge in [0.15, 0.2) is 0 Å². The molecule has 0 aliphatic carbocycles. The lowest BCUT2D eigenvalue weighted by atomic mass is 10.2. The van der Waals surface area contributed by atoms with Crippen LogP contribution in [0, 0.1) is 0 Å². The molecule has 0 N–H and O–H groups in total. The monoisotopic (exact) mass is 170 g/mol. The van der Waals surface area contributed by atoms with E-state index in [1.54, 1.807) is 4.90 Å². The third-order valence-corrected chi connectivity index (χ3v) is 2.49. The van der Waals surface area contributed by atoms with Crippen molar-refractivity contribution in [3.8, 4) is 0 Å². The standard InChI is InChI=1S/C9H18N2O/c1-8(9(12)10(2)3)11-6-4-5-7-11/h8H,4-7H2,1-3H3. The normalized spacial score (nSPS) is 20.9. The molecule has 0 radical (unpaired) electrons. The molecule has 0 saturated carbocycles. The summed E-state index contributed by atoms with van der Waals surface area (Å²) in [6.07, 6.45) is 2.48. The summed E-state index contributed by atoms with van der Waals surface area (Å²) in [4.78, 5) is 15.4. The summed E-state index contributed by atoms with van der Waals surface area (Å²) in [5, 5.41) is 0. The van der Waals surface area contributed by atoms with Gasteiger partial charge in [-0.3, -0.25) is 9.69 Å². The third-order valence-electron chi connectivity index (χ3n) is 2.49. The molecule has 1 heterocycles. The van der Waals surface area contributed by atoms with Crippen molar-refractivity contribution in [2.24, 2.45) is 0 Å². The number of likely N-dealkylation sites (N-methyl/N-ethyl adjacent to an activating group) is 1. The smallest absolute Gasteiger partial charge is 0.239 e. The number of hydrogen-bond donors (Lipinski definition) is 0. The van der Waals surface area contributed by atoms with E-state index in [2.05, 4.69) is 4.90 Å². The van der Waals surface area contributed by atoms with Gasteiger partial charge in [-0.05, 0) is 32.9 Å². The first-order valence-corrected chi connectivity index (χ1v) is 4.58. The average Bonchev–Trinajstić information content (AvgIpc) is 2.53. The van der Waals surface area contributed by atoms with Crippen LogP contribution in [0.1, 0.15) is 19.8 Å². The molecule has 1 aliphatic rings. The van der Waals surface area contributed by atoms with Gasteiger partial charge < -0.3 is 4.90 Å². The fraction of sp³-hybridized carbons (Fsp3) is 0.889. The van der Waals surface area contributed by atoms with Crippen LogP contribution in [0.4, 0.5) is 0 Å². The molecule has 1 unspecified atom stereocenters. The molecule has 12 heavy (non-hydrogen) atoms. The Morgan fingerprint density at radius 2 is 1.83 bits per heavy atom. The summed E-state index contributed by atoms with van der Waals surface area (Å²) in [7, 11) is 3.63. The van der Waals surface area contributed by atoms with Crippen LogP contribution in [0.3, 0.4) is 0 Å². The van der Waals surface area contributed by atoms with E-state index in [0.717, 1.165) is 13.1 Å². The second-order valence-corrected chi connectivity index (χ2v) is 3.65. The lowest BCUT2D eigenvalue weighted by molar-refractivity contribution is -0.133. The zero-order valence-electron chi connectivity index (χ0n) is 8.21. The number of amides is 1. The van der Waals surface area contributed by atoms with Crippen molar-refractivity contribution in [1.29, 1.82) is 0 Å². The predicted molar refractivity (Wildman–Crippen MR) is 49.0 cm³/mol. The molecule has 0 aromatic heterocycles. The first-order valence-electron chi connectivity index (χ1n) is 4.58. The molecule has 1 rings (SSSR count). The van der Waals surface area contributed by atoms with E-state index in [1.807, 2.05) is 21.0 Å². The maximum Gasteiger partial charge on any atom is 0.239 e. The SMILES string of the molecule is CC(C(=O)N(C)C)N1CCCC1. The average molecular weight is 170 g/mol. The lowest BCUT2D eigenvalue weighted by Gasteiger charge is -2.25. The van der Waals surface area contributed by atoms with Gasteiger partial charge in [0.05, 0.1) is 6.04 Å². The van der Waals surface area contributed by atoms with Crippen molar-refractivity contribution < 1.29 is 4.79 Å². The largest absolute Gasteiger partial charge is 0.347 e. The van der Waals surface area contributed by atoms with Crippen LogP contribution in [0.2, 0.25) is 0 Å². The number of carbonyl (C=O) groups is 1. The zero-order valence-corrected chi connectivity index (χ0v) is 8.21. The molecule has 0 aromatic carbocycles. The highest BCUT2D eigenvalue weighted by molar-refractivity contribution is 5.80. The van der Waals surface area contributed by atoms with Crippen molar-refractivity contribution in [2.45, 2.75) is 25.8 Å². The summed E-state index contributed by atoms with van der Waals surface area (Å²) < 4.78 is 0. The van der Waals surface area contributed by atoms with E-state index in [4.69, 9.17) is 0 Å². The third kappa shape index (κ3) is 1.97. The molecule has 0 spiro atoms. The van der Waals surface area contributed by atoms with Crippen molar-refractivity contribution in [3.63, 3.8) is 0 Å². The van der Waals surface area contributed by atoms with E-state index in [-0.39, 0.29) is 11.9 Å². The van der Waals surface area contributed by atoms with E-state index >= 15 is 0 Å². The minimum atomic E-state index is 0.0718. The summed E-state index contributed by atoms with van der Waals surface area (Å²) >= 11 is 0. The molecule has 1 saturated heterocycles. The second-order valence-electron chi connectivity index (χ2n) is 3.65. The molecule has 0 aromatic rings. The zero-order chi connectivity index (χ0) is 9.14. The maximum absolute atomic E-state index is 11.5. The van der Waals surface area contributed by atoms with Gasteiger partial charge in [-0.15, -0.1) is 0 Å². The van der Waals surface area contributed by atoms with Gasteiger partial charge in [-0.25, -0.2) is 0 Å². The van der Waals surface area contributed by atoms with Gasteiger partial charge in [0.2, 0.25) is 5.91 Å². The number of carbonyl (C=O) groups excluding carboxylic acids is 1. The van der Waals surface area contributed by atoms with Gasteiger partial charge in [0.25, 0.3) is 0 Å². The van der Waals surface area contributed by atoms with Crippen molar-refractivity contribution in [3.05, 3.63) is 0 Å². The second kappa shape index (κ2) is 3.90. The molecular formula is C9H18N2O. The molecule has 1 aliphatic heterocycles. The first-order chi connectivity index (χ1) is 5.63. The molecule has 1 fully saturated rings. The number of likely N-dealkylation sites (tertiary alicyclic amines) is 1. The van der Waals surface area contributed by atoms with Crippen LogP contribution < -0.4 is 0 Å². The molecule has 3 nitrogen and oxygen atoms in total. The highest BCUT2D eigenvalue weighted by atomic mass is 16.2. The number of rotatable bonds is 2. The topological polar surface area (TPSA) is 23.6 Å². The van der Waals surface area contributed by atoms with Crippen LogP contribution in [-0.2, 0) is 4.79 Å². The van der Waals surface area contributed by atoms with E-state index in [1.165, 1.54) is 12.8 Å². The quantitative estimate of drug-likeness (QED) is 0.604. The summed E-state index contributed by atoms with van der Waals surface area (Å²) in [6.45, 7) is 4.16. The van der Waals surface area contributed by atoms with Gasteiger partial charge in [-0.1, -0.05) is 0 Å². The molecular weight excluding hydrogens is 152 g/mol. The summed E-state index contributed by atoms with van der Waals surface area (Å²) in [6, 6.07) is 0.0718. The molecule has 1 amide bonds. The Hall–Kier alpha value is -0.570. The first kappa shape index (κ1) is 9.52. The van der Waals surface area contributed by atoms with E-state index in [0.29, 0.717) is 0 Å². The van der Waals surface area contributed by atoms with Gasteiger partial charge in [0.1, 0.15) is 0 Å². The van der Waals surface area contributed by atoms with Gasteiger partial charge in [0, 0.05) is 14.1 Å². The van der Waals surface area contributed by atoms with Crippen LogP contribution in [0.25, 0.3) is 0 Å². The van der Waals surface area contributed by atoms with Crippen molar-refractivity contribution in [2.75, 3.05) is 27.2 Å². The number of hydrogen-bond acceptors (Lipinski definition) is 2. The lowest BCUT2D eigenvalue weighted by Crippen LogP contribution is -2.43.